The minimum absolute atomic E-state index is 0.158. The second kappa shape index (κ2) is 7.75. The second-order valence-corrected chi connectivity index (χ2v) is 5.27. The Hall–Kier alpha value is -1.93. The maximum Gasteiger partial charge on any atom is 0.351 e. The Kier molecular flexibility index (Phi) is 5.70. The van der Waals surface area contributed by atoms with Crippen LogP contribution in [0.3, 0.4) is 0 Å². The number of thiazole rings is 1. The van der Waals surface area contributed by atoms with E-state index in [0.29, 0.717) is 22.5 Å². The van der Waals surface area contributed by atoms with Gasteiger partial charge in [0.25, 0.3) is 0 Å². The van der Waals surface area contributed by atoms with Gasteiger partial charge in [-0.3, -0.25) is 0 Å². The third kappa shape index (κ3) is 4.54. The summed E-state index contributed by atoms with van der Waals surface area (Å²) in [6.07, 6.45) is 4.20. The van der Waals surface area contributed by atoms with Gasteiger partial charge in [0.15, 0.2) is 15.2 Å². The Morgan fingerprint density at radius 3 is 2.76 bits per heavy atom. The first-order chi connectivity index (χ1) is 10.2. The Bertz CT molecular complexity index is 593. The van der Waals surface area contributed by atoms with Crippen molar-refractivity contribution in [3.8, 4) is 0 Å². The van der Waals surface area contributed by atoms with Crippen LogP contribution in [0.15, 0.2) is 18.5 Å². The van der Waals surface area contributed by atoms with E-state index in [1.807, 2.05) is 0 Å². The van der Waals surface area contributed by atoms with Gasteiger partial charge >= 0.3 is 5.97 Å². The number of hydrogen-bond donors (Lipinski definition) is 2. The fraction of sp³-hybridized carbons (Fsp3) is 0.333. The Labute approximate surface area is 130 Å². The molecule has 0 unspecified atom stereocenters. The fourth-order valence-corrected chi connectivity index (χ4v) is 2.60. The lowest BCUT2D eigenvalue weighted by atomic mass is 10.4. The molecule has 2 rings (SSSR count). The van der Waals surface area contributed by atoms with Crippen molar-refractivity contribution in [1.29, 1.82) is 0 Å². The van der Waals surface area contributed by atoms with E-state index in [2.05, 4.69) is 30.3 Å². The highest BCUT2D eigenvalue weighted by molar-refractivity contribution is 7.18. The van der Waals surface area contributed by atoms with Crippen LogP contribution in [0.2, 0.25) is 5.15 Å². The molecule has 112 valence electrons. The number of nitrogens with one attached hydrogen (secondary N) is 2. The average molecular weight is 328 g/mol. The van der Waals surface area contributed by atoms with Crippen LogP contribution < -0.4 is 10.6 Å². The van der Waals surface area contributed by atoms with E-state index < -0.39 is 5.97 Å². The fourth-order valence-electron chi connectivity index (χ4n) is 1.47. The van der Waals surface area contributed by atoms with Crippen LogP contribution in [-0.2, 0) is 4.74 Å². The van der Waals surface area contributed by atoms with E-state index in [1.165, 1.54) is 18.4 Å². The number of methoxy groups -OCH3 is 1. The average Bonchev–Trinajstić information content (AvgIpc) is 2.88. The highest BCUT2D eigenvalue weighted by Gasteiger charge is 2.16. The van der Waals surface area contributed by atoms with Crippen LogP contribution in [0.4, 0.5) is 11.1 Å². The molecule has 0 saturated heterocycles. The lowest BCUT2D eigenvalue weighted by Gasteiger charge is -2.04. The van der Waals surface area contributed by atoms with E-state index in [1.54, 1.807) is 18.5 Å². The molecule has 0 spiro atoms. The van der Waals surface area contributed by atoms with Crippen LogP contribution in [0, 0.1) is 0 Å². The molecule has 0 aromatic carbocycles. The molecule has 0 aliphatic heterocycles. The van der Waals surface area contributed by atoms with Crippen molar-refractivity contribution in [3.63, 3.8) is 0 Å². The molecule has 2 N–H and O–H groups in total. The van der Waals surface area contributed by atoms with E-state index in [4.69, 9.17) is 11.6 Å². The summed E-state index contributed by atoms with van der Waals surface area (Å²) in [5.74, 6) is 0.121. The quantitative estimate of drug-likeness (QED) is 0.595. The predicted molar refractivity (Wildman–Crippen MR) is 82.1 cm³/mol. The number of halogens is 1. The number of aromatic nitrogens is 3. The number of nitrogens with zero attached hydrogens (tertiary/aromatic N) is 3. The normalized spacial score (nSPS) is 10.2. The first-order valence-electron chi connectivity index (χ1n) is 6.20. The Morgan fingerprint density at radius 2 is 2.05 bits per heavy atom. The zero-order chi connectivity index (χ0) is 15.1. The van der Waals surface area contributed by atoms with Crippen LogP contribution in [0.1, 0.15) is 16.1 Å². The van der Waals surface area contributed by atoms with Gasteiger partial charge in [-0.1, -0.05) is 22.9 Å². The van der Waals surface area contributed by atoms with Crippen molar-refractivity contribution >= 4 is 40.0 Å². The van der Waals surface area contributed by atoms with Gasteiger partial charge in [-0.25, -0.2) is 19.7 Å². The highest BCUT2D eigenvalue weighted by Crippen LogP contribution is 2.27. The van der Waals surface area contributed by atoms with Crippen LogP contribution in [0.5, 0.6) is 0 Å². The number of carbonyl (C=O) groups excluding carboxylic acids is 1. The third-order valence-corrected chi connectivity index (χ3v) is 3.81. The van der Waals surface area contributed by atoms with Gasteiger partial charge < -0.3 is 15.4 Å². The number of esters is 1. The van der Waals surface area contributed by atoms with Gasteiger partial charge in [-0.2, -0.15) is 0 Å². The molecule has 7 nitrogen and oxygen atoms in total. The molecule has 0 amide bonds. The molecule has 0 radical (unpaired) electrons. The van der Waals surface area contributed by atoms with Crippen molar-refractivity contribution in [2.75, 3.05) is 30.8 Å². The Balaban J connectivity index is 1.73. The van der Waals surface area contributed by atoms with Crippen LogP contribution in [0.25, 0.3) is 0 Å². The summed E-state index contributed by atoms with van der Waals surface area (Å²) in [5, 5.41) is 6.95. The highest BCUT2D eigenvalue weighted by atomic mass is 35.5. The summed E-state index contributed by atoms with van der Waals surface area (Å²) in [7, 11) is 1.31. The molecule has 9 heteroatoms. The molecule has 0 aliphatic carbocycles. The molecular formula is C12H14ClN5O2S. The van der Waals surface area contributed by atoms with E-state index in [-0.39, 0.29) is 5.15 Å². The first-order valence-corrected chi connectivity index (χ1v) is 7.39. The van der Waals surface area contributed by atoms with Gasteiger partial charge in [-0.15, -0.1) is 0 Å². The minimum Gasteiger partial charge on any atom is -0.465 e. The van der Waals surface area contributed by atoms with E-state index >= 15 is 0 Å². The molecular weight excluding hydrogens is 314 g/mol. The Morgan fingerprint density at radius 1 is 1.33 bits per heavy atom. The van der Waals surface area contributed by atoms with Gasteiger partial charge in [0.2, 0.25) is 5.95 Å². The van der Waals surface area contributed by atoms with Crippen molar-refractivity contribution in [2.45, 2.75) is 6.42 Å². The zero-order valence-corrected chi connectivity index (χ0v) is 12.9. The zero-order valence-electron chi connectivity index (χ0n) is 11.3. The van der Waals surface area contributed by atoms with Crippen molar-refractivity contribution < 1.29 is 9.53 Å². The molecule has 0 atom stereocenters. The number of carbonyl (C=O) groups is 1. The predicted octanol–water partition coefficient (Wildman–Crippen LogP) is 2.29. The number of rotatable bonds is 7. The van der Waals surface area contributed by atoms with Crippen LogP contribution in [-0.4, -0.2) is 41.1 Å². The topological polar surface area (TPSA) is 89.0 Å². The largest absolute Gasteiger partial charge is 0.465 e. The summed E-state index contributed by atoms with van der Waals surface area (Å²) in [5.41, 5.74) is 0. The van der Waals surface area contributed by atoms with Crippen molar-refractivity contribution in [1.82, 2.24) is 15.0 Å². The maximum atomic E-state index is 11.4. The summed E-state index contributed by atoms with van der Waals surface area (Å²) < 4.78 is 4.62. The van der Waals surface area contributed by atoms with Crippen molar-refractivity contribution in [3.05, 3.63) is 28.5 Å². The number of ether oxygens (including phenoxy) is 1. The number of anilines is 2. The van der Waals surface area contributed by atoms with E-state index in [9.17, 15) is 4.79 Å². The van der Waals surface area contributed by atoms with Gasteiger partial charge in [0, 0.05) is 25.5 Å². The lowest BCUT2D eigenvalue weighted by molar-refractivity contribution is 0.0606. The molecule has 2 aromatic rings. The molecule has 2 heterocycles. The molecule has 21 heavy (non-hydrogen) atoms. The van der Waals surface area contributed by atoms with Crippen molar-refractivity contribution in [2.24, 2.45) is 0 Å². The molecule has 0 saturated carbocycles. The van der Waals surface area contributed by atoms with Crippen LogP contribution >= 0.6 is 22.9 Å². The smallest absolute Gasteiger partial charge is 0.351 e. The molecule has 2 aromatic heterocycles. The van der Waals surface area contributed by atoms with E-state index in [0.717, 1.165) is 13.0 Å². The maximum absolute atomic E-state index is 11.4. The van der Waals surface area contributed by atoms with Gasteiger partial charge in [0.1, 0.15) is 0 Å². The van der Waals surface area contributed by atoms with Gasteiger partial charge in [-0.05, 0) is 12.5 Å². The standard InChI is InChI=1S/C12H14ClN5O2S/c1-20-10(19)8-9(13)18-12(21-8)17-7-3-6-16-11-14-4-2-5-15-11/h2,4-5H,3,6-7H2,1H3,(H,17,18)(H,14,15,16). The second-order valence-electron chi connectivity index (χ2n) is 3.91. The third-order valence-electron chi connectivity index (χ3n) is 2.44. The van der Waals surface area contributed by atoms with Gasteiger partial charge in [0.05, 0.1) is 7.11 Å². The monoisotopic (exact) mass is 327 g/mol. The molecule has 0 fully saturated rings. The molecule has 0 bridgehead atoms. The SMILES string of the molecule is COC(=O)c1sc(NCCCNc2ncccn2)nc1Cl. The number of hydrogen-bond acceptors (Lipinski definition) is 8. The summed E-state index contributed by atoms with van der Waals surface area (Å²) in [6.45, 7) is 1.41. The molecule has 0 aliphatic rings. The summed E-state index contributed by atoms with van der Waals surface area (Å²) in [6, 6.07) is 1.76. The summed E-state index contributed by atoms with van der Waals surface area (Å²) >= 11 is 7.04. The minimum atomic E-state index is -0.478. The first kappa shape index (κ1) is 15.5. The lowest BCUT2D eigenvalue weighted by Crippen LogP contribution is -2.10. The summed E-state index contributed by atoms with van der Waals surface area (Å²) in [4.78, 5) is 23.9.